The molecule has 0 aliphatic carbocycles. The molecule has 0 aliphatic heterocycles. The summed E-state index contributed by atoms with van der Waals surface area (Å²) in [5.74, 6) is 1.81. The molecule has 0 radical (unpaired) electrons. The van der Waals surface area contributed by atoms with Crippen LogP contribution in [-0.4, -0.2) is 42.7 Å². The molecule has 0 fully saturated rings. The molecule has 2 heterocycles. The van der Waals surface area contributed by atoms with Crippen LogP contribution in [0.3, 0.4) is 0 Å². The van der Waals surface area contributed by atoms with Crippen molar-refractivity contribution in [2.75, 3.05) is 19.6 Å². The average Bonchev–Trinajstić information content (AvgIpc) is 3.63. The van der Waals surface area contributed by atoms with E-state index in [1.54, 1.807) is 37.5 Å². The largest absolute Gasteiger partial charge is 0.469 e. The zero-order valence-electron chi connectivity index (χ0n) is 22.3. The van der Waals surface area contributed by atoms with Crippen LogP contribution < -0.4 is 16.0 Å². The molecule has 0 saturated carbocycles. The van der Waals surface area contributed by atoms with Crippen molar-refractivity contribution in [1.29, 1.82) is 0 Å². The van der Waals surface area contributed by atoms with E-state index in [9.17, 15) is 14.7 Å². The summed E-state index contributed by atoms with van der Waals surface area (Å²) in [6, 6.07) is 23.4. The predicted octanol–water partition coefficient (Wildman–Crippen LogP) is 3.99. The molecular formula is C31H35N3O5. The number of nitrogens with one attached hydrogen (secondary N) is 3. The first-order chi connectivity index (χ1) is 18.8. The molecule has 2 aromatic carbocycles. The third-order valence-electron chi connectivity index (χ3n) is 6.72. The molecule has 0 aliphatic rings. The predicted molar refractivity (Wildman–Crippen MR) is 148 cm³/mol. The summed E-state index contributed by atoms with van der Waals surface area (Å²) in [4.78, 5) is 26.1. The molecular weight excluding hydrogens is 494 g/mol. The zero-order valence-corrected chi connectivity index (χ0v) is 22.3. The molecule has 0 bridgehead atoms. The maximum absolute atomic E-state index is 13.4. The summed E-state index contributed by atoms with van der Waals surface area (Å²) < 4.78 is 10.9. The van der Waals surface area contributed by atoms with Gasteiger partial charge in [-0.2, -0.15) is 0 Å². The van der Waals surface area contributed by atoms with Crippen LogP contribution in [-0.2, 0) is 18.4 Å². The number of hydrogen-bond donors (Lipinski definition) is 4. The van der Waals surface area contributed by atoms with Crippen LogP contribution in [0.2, 0.25) is 0 Å². The van der Waals surface area contributed by atoms with E-state index in [-0.39, 0.29) is 12.5 Å². The van der Waals surface area contributed by atoms with E-state index in [0.29, 0.717) is 37.1 Å². The number of hydrogen-bond acceptors (Lipinski definition) is 6. The first-order valence-corrected chi connectivity index (χ1v) is 13.1. The molecule has 0 unspecified atom stereocenters. The van der Waals surface area contributed by atoms with Gasteiger partial charge in [-0.15, -0.1) is 0 Å². The van der Waals surface area contributed by atoms with Gasteiger partial charge >= 0.3 is 0 Å². The molecule has 204 valence electrons. The molecule has 0 saturated heterocycles. The first kappa shape index (κ1) is 27.9. The SMILES string of the molecule is Cc1ccc(CCNC(=O)c2cccc(C(=O)N[C@@](C)(c3ccccc3)[C@H](O)CNCCc3ccco3)c2)o1. The second kappa shape index (κ2) is 13.1. The van der Waals surface area contributed by atoms with Gasteiger partial charge in [0.1, 0.15) is 17.3 Å². The number of aliphatic hydroxyl groups excluding tert-OH is 1. The fourth-order valence-electron chi connectivity index (χ4n) is 4.37. The summed E-state index contributed by atoms with van der Waals surface area (Å²) in [6.45, 7) is 4.95. The van der Waals surface area contributed by atoms with Crippen molar-refractivity contribution in [2.45, 2.75) is 38.3 Å². The number of benzene rings is 2. The third kappa shape index (κ3) is 7.46. The molecule has 2 atom stereocenters. The van der Waals surface area contributed by atoms with E-state index in [0.717, 1.165) is 22.8 Å². The number of furan rings is 2. The van der Waals surface area contributed by atoms with Gasteiger partial charge in [0.05, 0.1) is 17.9 Å². The standard InChI is InChI=1S/C31H35N3O5/c1-22-13-14-27(39-22)16-18-33-29(36)23-8-6-9-24(20-23)30(37)34-31(2,25-10-4-3-5-11-25)28(35)21-32-17-15-26-12-7-19-38-26/h3-14,19-20,28,32,35H,15-18,21H2,1-2H3,(H,33,36)(H,34,37)/t28-,31+/m1/s1. The molecule has 39 heavy (non-hydrogen) atoms. The Hall–Kier alpha value is -4.14. The molecule has 8 heteroatoms. The van der Waals surface area contributed by atoms with Crippen LogP contribution in [0, 0.1) is 6.92 Å². The molecule has 0 spiro atoms. The van der Waals surface area contributed by atoms with Gasteiger partial charge in [-0.05, 0) is 61.9 Å². The van der Waals surface area contributed by atoms with E-state index in [2.05, 4.69) is 16.0 Å². The smallest absolute Gasteiger partial charge is 0.252 e. The summed E-state index contributed by atoms with van der Waals surface area (Å²) in [5.41, 5.74) is 0.375. The lowest BCUT2D eigenvalue weighted by atomic mass is 9.85. The van der Waals surface area contributed by atoms with Gasteiger partial charge in [0.25, 0.3) is 11.8 Å². The van der Waals surface area contributed by atoms with Crippen LogP contribution in [0.1, 0.15) is 50.5 Å². The Kier molecular flexibility index (Phi) is 9.35. The van der Waals surface area contributed by atoms with Gasteiger partial charge < -0.3 is 29.9 Å². The highest BCUT2D eigenvalue weighted by Crippen LogP contribution is 2.25. The van der Waals surface area contributed by atoms with E-state index in [1.807, 2.05) is 61.5 Å². The van der Waals surface area contributed by atoms with Crippen LogP contribution in [0.15, 0.2) is 94.0 Å². The number of rotatable bonds is 13. The molecule has 4 rings (SSSR count). The zero-order chi connectivity index (χ0) is 27.7. The van der Waals surface area contributed by atoms with E-state index in [1.165, 1.54) is 0 Å². The molecule has 4 N–H and O–H groups in total. The van der Waals surface area contributed by atoms with Crippen molar-refractivity contribution in [2.24, 2.45) is 0 Å². The van der Waals surface area contributed by atoms with Gasteiger partial charge in [0.2, 0.25) is 0 Å². The molecule has 2 amide bonds. The highest BCUT2D eigenvalue weighted by Gasteiger charge is 2.36. The quantitative estimate of drug-likeness (QED) is 0.195. The van der Waals surface area contributed by atoms with Crippen LogP contribution >= 0.6 is 0 Å². The third-order valence-corrected chi connectivity index (χ3v) is 6.72. The van der Waals surface area contributed by atoms with Crippen LogP contribution in [0.4, 0.5) is 0 Å². The van der Waals surface area contributed by atoms with Crippen molar-refractivity contribution in [3.05, 3.63) is 119 Å². The van der Waals surface area contributed by atoms with Gasteiger partial charge in [0.15, 0.2) is 0 Å². The van der Waals surface area contributed by atoms with E-state index < -0.39 is 17.6 Å². The Labute approximate surface area is 228 Å². The second-order valence-corrected chi connectivity index (χ2v) is 9.67. The second-order valence-electron chi connectivity index (χ2n) is 9.67. The van der Waals surface area contributed by atoms with Gasteiger partial charge in [-0.25, -0.2) is 0 Å². The number of carbonyl (C=O) groups is 2. The van der Waals surface area contributed by atoms with E-state index in [4.69, 9.17) is 8.83 Å². The lowest BCUT2D eigenvalue weighted by Gasteiger charge is -2.36. The van der Waals surface area contributed by atoms with Crippen molar-refractivity contribution in [3.8, 4) is 0 Å². The summed E-state index contributed by atoms with van der Waals surface area (Å²) in [7, 11) is 0. The fourth-order valence-corrected chi connectivity index (χ4v) is 4.37. The topological polar surface area (TPSA) is 117 Å². The van der Waals surface area contributed by atoms with Crippen molar-refractivity contribution >= 4 is 11.8 Å². The Morgan fingerprint density at radius 2 is 1.62 bits per heavy atom. The highest BCUT2D eigenvalue weighted by atomic mass is 16.3. The number of aliphatic hydroxyl groups is 1. The summed E-state index contributed by atoms with van der Waals surface area (Å²) >= 11 is 0. The Morgan fingerprint density at radius 3 is 2.31 bits per heavy atom. The van der Waals surface area contributed by atoms with E-state index >= 15 is 0 Å². The maximum Gasteiger partial charge on any atom is 0.252 e. The lowest BCUT2D eigenvalue weighted by molar-refractivity contribution is 0.0557. The Bertz CT molecular complexity index is 1350. The van der Waals surface area contributed by atoms with Crippen molar-refractivity contribution in [1.82, 2.24) is 16.0 Å². The monoisotopic (exact) mass is 529 g/mol. The lowest BCUT2D eigenvalue weighted by Crippen LogP contribution is -2.55. The highest BCUT2D eigenvalue weighted by molar-refractivity contribution is 6.00. The molecule has 8 nitrogen and oxygen atoms in total. The molecule has 4 aromatic rings. The van der Waals surface area contributed by atoms with Crippen molar-refractivity contribution in [3.63, 3.8) is 0 Å². The Morgan fingerprint density at radius 1 is 0.872 bits per heavy atom. The average molecular weight is 530 g/mol. The number of carbonyl (C=O) groups excluding carboxylic acids is 2. The normalized spacial score (nSPS) is 13.4. The van der Waals surface area contributed by atoms with Crippen LogP contribution in [0.25, 0.3) is 0 Å². The Balaban J connectivity index is 1.40. The first-order valence-electron chi connectivity index (χ1n) is 13.1. The van der Waals surface area contributed by atoms with Gasteiger partial charge in [0, 0.05) is 43.6 Å². The number of amides is 2. The van der Waals surface area contributed by atoms with Crippen molar-refractivity contribution < 1.29 is 23.5 Å². The minimum Gasteiger partial charge on any atom is -0.469 e. The van der Waals surface area contributed by atoms with Gasteiger partial charge in [-0.3, -0.25) is 9.59 Å². The van der Waals surface area contributed by atoms with Crippen LogP contribution in [0.5, 0.6) is 0 Å². The number of aryl methyl sites for hydroxylation is 1. The minimum atomic E-state index is -1.09. The summed E-state index contributed by atoms with van der Waals surface area (Å²) in [6.07, 6.45) is 1.96. The molecule has 2 aromatic heterocycles. The fraction of sp³-hybridized carbons (Fsp3) is 0.290. The summed E-state index contributed by atoms with van der Waals surface area (Å²) in [5, 5.41) is 20.4. The van der Waals surface area contributed by atoms with Gasteiger partial charge in [-0.1, -0.05) is 36.4 Å². The maximum atomic E-state index is 13.4. The minimum absolute atomic E-state index is 0.254.